The van der Waals surface area contributed by atoms with E-state index < -0.39 is 0 Å². The molecule has 0 aromatic carbocycles. The van der Waals surface area contributed by atoms with Crippen LogP contribution >= 0.6 is 0 Å². The predicted molar refractivity (Wildman–Crippen MR) is 91.5 cm³/mol. The van der Waals surface area contributed by atoms with Crippen molar-refractivity contribution in [2.75, 3.05) is 59.5 Å². The van der Waals surface area contributed by atoms with Crippen LogP contribution in [0.5, 0.6) is 0 Å². The fourth-order valence-electron chi connectivity index (χ4n) is 3.13. The average Bonchev–Trinajstić information content (AvgIpc) is 3.08. The minimum absolute atomic E-state index is 0.345. The van der Waals surface area contributed by atoms with Gasteiger partial charge in [-0.25, -0.2) is 0 Å². The van der Waals surface area contributed by atoms with Crippen LogP contribution in [0.3, 0.4) is 0 Å². The Kier molecular flexibility index (Phi) is 7.42. The van der Waals surface area contributed by atoms with E-state index in [4.69, 9.17) is 4.74 Å². The lowest BCUT2D eigenvalue weighted by molar-refractivity contribution is 0.106. The van der Waals surface area contributed by atoms with Gasteiger partial charge in [-0.05, 0) is 26.3 Å². The van der Waals surface area contributed by atoms with Crippen LogP contribution in [0.25, 0.3) is 0 Å². The van der Waals surface area contributed by atoms with Crippen LogP contribution in [-0.4, -0.2) is 87.4 Å². The van der Waals surface area contributed by atoms with Gasteiger partial charge < -0.3 is 20.3 Å². The van der Waals surface area contributed by atoms with E-state index in [2.05, 4.69) is 39.3 Å². The minimum Gasteiger partial charge on any atom is -0.376 e. The first kappa shape index (κ1) is 17.5. The molecule has 2 fully saturated rings. The van der Waals surface area contributed by atoms with Gasteiger partial charge in [-0.15, -0.1) is 0 Å². The Bertz CT molecular complexity index is 335. The maximum absolute atomic E-state index is 5.63. The summed E-state index contributed by atoms with van der Waals surface area (Å²) in [6, 6.07) is 0.528. The van der Waals surface area contributed by atoms with Gasteiger partial charge in [0.05, 0.1) is 6.10 Å². The smallest absolute Gasteiger partial charge is 0.191 e. The van der Waals surface area contributed by atoms with E-state index in [9.17, 15) is 0 Å². The van der Waals surface area contributed by atoms with Crippen LogP contribution in [-0.2, 0) is 4.74 Å². The van der Waals surface area contributed by atoms with Crippen molar-refractivity contribution in [1.82, 2.24) is 20.4 Å². The molecular formula is C16H33N5O. The topological polar surface area (TPSA) is 52.1 Å². The zero-order chi connectivity index (χ0) is 15.8. The highest BCUT2D eigenvalue weighted by Crippen LogP contribution is 2.10. The zero-order valence-electron chi connectivity index (χ0n) is 14.5. The van der Waals surface area contributed by atoms with E-state index in [0.29, 0.717) is 12.1 Å². The molecule has 0 aromatic heterocycles. The van der Waals surface area contributed by atoms with Gasteiger partial charge >= 0.3 is 0 Å². The van der Waals surface area contributed by atoms with Crippen molar-refractivity contribution in [3.63, 3.8) is 0 Å². The van der Waals surface area contributed by atoms with E-state index >= 15 is 0 Å². The summed E-state index contributed by atoms with van der Waals surface area (Å²) in [6.45, 7) is 13.1. The van der Waals surface area contributed by atoms with Crippen molar-refractivity contribution >= 4 is 5.96 Å². The lowest BCUT2D eigenvalue weighted by Crippen LogP contribution is -2.53. The number of hydrogen-bond donors (Lipinski definition) is 2. The molecule has 2 aliphatic heterocycles. The van der Waals surface area contributed by atoms with Crippen molar-refractivity contribution in [2.45, 2.75) is 38.8 Å². The molecule has 2 rings (SSSR count). The van der Waals surface area contributed by atoms with E-state index in [0.717, 1.165) is 32.1 Å². The second-order valence-corrected chi connectivity index (χ2v) is 6.29. The van der Waals surface area contributed by atoms with Gasteiger partial charge in [0.2, 0.25) is 0 Å². The van der Waals surface area contributed by atoms with Crippen molar-refractivity contribution in [3.05, 3.63) is 0 Å². The van der Waals surface area contributed by atoms with Crippen molar-refractivity contribution in [1.29, 1.82) is 0 Å². The highest BCUT2D eigenvalue weighted by atomic mass is 16.5. The predicted octanol–water partition coefficient (Wildman–Crippen LogP) is 0.356. The minimum atomic E-state index is 0.345. The number of guanidine groups is 1. The van der Waals surface area contributed by atoms with Gasteiger partial charge in [-0.1, -0.05) is 6.92 Å². The summed E-state index contributed by atoms with van der Waals surface area (Å²) in [7, 11) is 1.83. The summed E-state index contributed by atoms with van der Waals surface area (Å²) in [5.74, 6) is 0.884. The van der Waals surface area contributed by atoms with E-state index in [1.165, 1.54) is 39.1 Å². The van der Waals surface area contributed by atoms with Crippen molar-refractivity contribution in [3.8, 4) is 0 Å². The average molecular weight is 311 g/mol. The summed E-state index contributed by atoms with van der Waals surface area (Å²) in [6.07, 6.45) is 2.68. The van der Waals surface area contributed by atoms with Gasteiger partial charge in [0.25, 0.3) is 0 Å². The van der Waals surface area contributed by atoms with Crippen molar-refractivity contribution < 1.29 is 4.74 Å². The van der Waals surface area contributed by atoms with Crippen LogP contribution in [0.1, 0.15) is 26.7 Å². The Hall–Kier alpha value is -0.850. The van der Waals surface area contributed by atoms with Gasteiger partial charge in [0, 0.05) is 59.0 Å². The number of hydrogen-bond acceptors (Lipinski definition) is 4. The monoisotopic (exact) mass is 311 g/mol. The first-order valence-electron chi connectivity index (χ1n) is 8.75. The Morgan fingerprint density at radius 3 is 2.64 bits per heavy atom. The first-order chi connectivity index (χ1) is 10.7. The van der Waals surface area contributed by atoms with Crippen molar-refractivity contribution in [2.24, 2.45) is 4.99 Å². The molecule has 2 saturated heterocycles. The molecule has 0 amide bonds. The fourth-order valence-corrected chi connectivity index (χ4v) is 3.13. The first-order valence-corrected chi connectivity index (χ1v) is 8.75. The molecule has 2 heterocycles. The lowest BCUT2D eigenvalue weighted by Gasteiger charge is -2.37. The molecule has 128 valence electrons. The Labute approximate surface area is 135 Å². The van der Waals surface area contributed by atoms with Crippen LogP contribution in [0.15, 0.2) is 4.99 Å². The number of rotatable bonds is 6. The molecular weight excluding hydrogens is 278 g/mol. The summed E-state index contributed by atoms with van der Waals surface area (Å²) < 4.78 is 5.63. The highest BCUT2D eigenvalue weighted by molar-refractivity contribution is 5.79. The third-order valence-electron chi connectivity index (χ3n) is 4.79. The third-order valence-corrected chi connectivity index (χ3v) is 4.79. The summed E-state index contributed by atoms with van der Waals surface area (Å²) in [5.41, 5.74) is 0. The largest absolute Gasteiger partial charge is 0.376 e. The summed E-state index contributed by atoms with van der Waals surface area (Å²) >= 11 is 0. The number of aliphatic imine (C=N–C) groups is 1. The van der Waals surface area contributed by atoms with E-state index in [-0.39, 0.29) is 0 Å². The molecule has 2 unspecified atom stereocenters. The zero-order valence-corrected chi connectivity index (χ0v) is 14.5. The summed E-state index contributed by atoms with van der Waals surface area (Å²) in [4.78, 5) is 9.38. The molecule has 6 nitrogen and oxygen atoms in total. The molecule has 0 aromatic rings. The van der Waals surface area contributed by atoms with Gasteiger partial charge in [-0.3, -0.25) is 9.89 Å². The maximum Gasteiger partial charge on any atom is 0.191 e. The van der Waals surface area contributed by atoms with Gasteiger partial charge in [0.15, 0.2) is 5.96 Å². The number of ether oxygens (including phenoxy) is 1. The fraction of sp³-hybridized carbons (Fsp3) is 0.938. The van der Waals surface area contributed by atoms with Crippen LogP contribution in [0.2, 0.25) is 0 Å². The molecule has 0 aliphatic carbocycles. The van der Waals surface area contributed by atoms with Crippen LogP contribution in [0, 0.1) is 0 Å². The number of likely N-dealkylation sites (N-methyl/N-ethyl adjacent to an activating group) is 1. The van der Waals surface area contributed by atoms with Crippen LogP contribution in [0.4, 0.5) is 0 Å². The molecule has 0 saturated carbocycles. The maximum atomic E-state index is 5.63. The lowest BCUT2D eigenvalue weighted by atomic mass is 10.2. The Morgan fingerprint density at radius 2 is 2.05 bits per heavy atom. The van der Waals surface area contributed by atoms with E-state index in [1.807, 2.05) is 7.05 Å². The summed E-state index contributed by atoms with van der Waals surface area (Å²) in [5, 5.41) is 6.82. The highest BCUT2D eigenvalue weighted by Gasteiger charge is 2.20. The quantitative estimate of drug-likeness (QED) is 0.548. The normalized spacial score (nSPS) is 26.1. The third kappa shape index (κ3) is 5.41. The Balaban J connectivity index is 1.64. The van der Waals surface area contributed by atoms with Gasteiger partial charge in [-0.2, -0.15) is 0 Å². The SMILES string of the molecule is CCN1CCN(C(C)CNC(=NC)NCC2CCCO2)CC1. The molecule has 2 atom stereocenters. The molecule has 2 aliphatic rings. The molecule has 0 bridgehead atoms. The van der Waals surface area contributed by atoms with E-state index in [1.54, 1.807) is 0 Å². The molecule has 6 heteroatoms. The molecule has 0 radical (unpaired) electrons. The number of piperazine rings is 1. The molecule has 0 spiro atoms. The Morgan fingerprint density at radius 1 is 1.27 bits per heavy atom. The molecule has 2 N–H and O–H groups in total. The van der Waals surface area contributed by atoms with Crippen LogP contribution < -0.4 is 10.6 Å². The standard InChI is InChI=1S/C16H33N5O/c1-4-20-7-9-21(10-8-20)14(2)12-18-16(17-3)19-13-15-6-5-11-22-15/h14-15H,4-13H2,1-3H3,(H2,17,18,19). The van der Waals surface area contributed by atoms with Gasteiger partial charge in [0.1, 0.15) is 0 Å². The second-order valence-electron chi connectivity index (χ2n) is 6.29. The molecule has 22 heavy (non-hydrogen) atoms. The number of nitrogens with zero attached hydrogens (tertiary/aromatic N) is 3. The number of nitrogens with one attached hydrogen (secondary N) is 2. The second kappa shape index (κ2) is 9.33.